The van der Waals surface area contributed by atoms with Crippen LogP contribution in [0.2, 0.25) is 0 Å². The molecule has 3 heteroatoms. The van der Waals surface area contributed by atoms with Gasteiger partial charge in [0.1, 0.15) is 7.05 Å². The van der Waals surface area contributed by atoms with Crippen molar-refractivity contribution >= 4 is 16.6 Å². The van der Waals surface area contributed by atoms with Crippen LogP contribution < -0.4 is 26.9 Å². The zero-order valence-corrected chi connectivity index (χ0v) is 12.9. The van der Waals surface area contributed by atoms with E-state index in [4.69, 9.17) is 0 Å². The number of pyridine rings is 1. The van der Waals surface area contributed by atoms with Crippen molar-refractivity contribution in [2.75, 3.05) is 5.32 Å². The van der Waals surface area contributed by atoms with Crippen LogP contribution in [0.4, 0.5) is 5.69 Å². The molecule has 2 heterocycles. The molecular formula is C15H19BrN2. The first-order valence-electron chi connectivity index (χ1n) is 6.20. The lowest BCUT2D eigenvalue weighted by Crippen LogP contribution is -3.00. The molecule has 1 unspecified atom stereocenters. The van der Waals surface area contributed by atoms with Crippen molar-refractivity contribution in [3.8, 4) is 0 Å². The summed E-state index contributed by atoms with van der Waals surface area (Å²) in [4.78, 5) is 0. The smallest absolute Gasteiger partial charge is 0.214 e. The summed E-state index contributed by atoms with van der Waals surface area (Å²) in [6.07, 6.45) is 2.27. The molecule has 2 nitrogen and oxygen atoms in total. The standard InChI is InChI=1S/C15H18N2.BrH/c1-10-15(2,3)12-9-17(4)13-8-6-5-7-11(13)14(12)16-10;/h5-10H,1-4H3;1H. The zero-order chi connectivity index (χ0) is 12.2. The Bertz CT molecular complexity index is 605. The molecule has 0 fully saturated rings. The minimum Gasteiger partial charge on any atom is -1.00 e. The summed E-state index contributed by atoms with van der Waals surface area (Å²) >= 11 is 0. The van der Waals surface area contributed by atoms with E-state index in [0.29, 0.717) is 6.04 Å². The number of hydrogen-bond donors (Lipinski definition) is 1. The molecule has 0 aliphatic carbocycles. The maximum atomic E-state index is 3.64. The Morgan fingerprint density at radius 2 is 1.89 bits per heavy atom. The van der Waals surface area contributed by atoms with E-state index < -0.39 is 0 Å². The number of halogens is 1. The van der Waals surface area contributed by atoms with E-state index in [1.54, 1.807) is 0 Å². The summed E-state index contributed by atoms with van der Waals surface area (Å²) < 4.78 is 2.23. The average Bonchev–Trinajstić information content (AvgIpc) is 2.53. The topological polar surface area (TPSA) is 15.9 Å². The van der Waals surface area contributed by atoms with Gasteiger partial charge in [0.2, 0.25) is 5.52 Å². The van der Waals surface area contributed by atoms with Gasteiger partial charge in [0.15, 0.2) is 6.20 Å². The van der Waals surface area contributed by atoms with Gasteiger partial charge >= 0.3 is 0 Å². The summed E-state index contributed by atoms with van der Waals surface area (Å²) in [5, 5.41) is 4.97. The fraction of sp³-hybridized carbons (Fsp3) is 0.400. The monoisotopic (exact) mass is 306 g/mol. The molecule has 96 valence electrons. The first-order valence-corrected chi connectivity index (χ1v) is 6.20. The summed E-state index contributed by atoms with van der Waals surface area (Å²) in [5.74, 6) is 0. The van der Waals surface area contributed by atoms with E-state index in [1.165, 1.54) is 22.2 Å². The fourth-order valence-corrected chi connectivity index (χ4v) is 2.74. The van der Waals surface area contributed by atoms with Crippen LogP contribution in [0.15, 0.2) is 30.5 Å². The van der Waals surface area contributed by atoms with Gasteiger partial charge in [-0.1, -0.05) is 26.0 Å². The average molecular weight is 307 g/mol. The van der Waals surface area contributed by atoms with Crippen molar-refractivity contribution in [2.45, 2.75) is 32.2 Å². The van der Waals surface area contributed by atoms with E-state index >= 15 is 0 Å². The number of anilines is 1. The normalized spacial score (nSPS) is 20.1. The van der Waals surface area contributed by atoms with Gasteiger partial charge in [-0.2, -0.15) is 0 Å². The minimum atomic E-state index is 0. The number of rotatable bonds is 0. The molecule has 0 amide bonds. The van der Waals surface area contributed by atoms with Crippen LogP contribution in [0, 0.1) is 0 Å². The Morgan fingerprint density at radius 1 is 1.22 bits per heavy atom. The number of nitrogens with zero attached hydrogens (tertiary/aromatic N) is 1. The van der Waals surface area contributed by atoms with Gasteiger partial charge < -0.3 is 22.3 Å². The molecule has 0 bridgehead atoms. The lowest BCUT2D eigenvalue weighted by Gasteiger charge is -2.22. The van der Waals surface area contributed by atoms with Crippen LogP contribution in [0.3, 0.4) is 0 Å². The first-order chi connectivity index (χ1) is 8.01. The first kappa shape index (κ1) is 13.3. The van der Waals surface area contributed by atoms with E-state index in [-0.39, 0.29) is 22.4 Å². The quantitative estimate of drug-likeness (QED) is 0.665. The third kappa shape index (κ3) is 1.64. The Morgan fingerprint density at radius 3 is 2.61 bits per heavy atom. The van der Waals surface area contributed by atoms with E-state index in [9.17, 15) is 0 Å². The highest BCUT2D eigenvalue weighted by molar-refractivity contribution is 5.92. The largest absolute Gasteiger partial charge is 1.00 e. The molecular weight excluding hydrogens is 288 g/mol. The summed E-state index contributed by atoms with van der Waals surface area (Å²) in [5.41, 5.74) is 4.21. The molecule has 1 aliphatic rings. The third-order valence-electron chi connectivity index (χ3n) is 4.28. The Hall–Kier alpha value is -1.09. The molecule has 2 aromatic rings. The van der Waals surface area contributed by atoms with E-state index in [1.807, 2.05) is 0 Å². The number of nitrogens with one attached hydrogen (secondary N) is 1. The maximum absolute atomic E-state index is 3.64. The zero-order valence-electron chi connectivity index (χ0n) is 11.3. The van der Waals surface area contributed by atoms with Gasteiger partial charge in [0.25, 0.3) is 0 Å². The van der Waals surface area contributed by atoms with Gasteiger partial charge in [-0.15, -0.1) is 0 Å². The van der Waals surface area contributed by atoms with Crippen LogP contribution in [-0.4, -0.2) is 6.04 Å². The fourth-order valence-electron chi connectivity index (χ4n) is 2.74. The maximum Gasteiger partial charge on any atom is 0.214 e. The minimum absolute atomic E-state index is 0. The summed E-state index contributed by atoms with van der Waals surface area (Å²) in [6.45, 7) is 6.88. The van der Waals surface area contributed by atoms with Gasteiger partial charge in [-0.25, -0.2) is 4.57 Å². The van der Waals surface area contributed by atoms with Crippen molar-refractivity contribution in [3.05, 3.63) is 36.0 Å². The molecule has 1 aliphatic heterocycles. The molecule has 1 N–H and O–H groups in total. The predicted molar refractivity (Wildman–Crippen MR) is 71.2 cm³/mol. The van der Waals surface area contributed by atoms with Crippen LogP contribution in [-0.2, 0) is 12.5 Å². The van der Waals surface area contributed by atoms with Gasteiger partial charge in [0, 0.05) is 23.1 Å². The lowest BCUT2D eigenvalue weighted by molar-refractivity contribution is -0.645. The molecule has 0 spiro atoms. The summed E-state index contributed by atoms with van der Waals surface area (Å²) in [7, 11) is 2.13. The Kier molecular flexibility index (Phi) is 3.14. The summed E-state index contributed by atoms with van der Waals surface area (Å²) in [6, 6.07) is 9.06. The van der Waals surface area contributed by atoms with Gasteiger partial charge in [0.05, 0.1) is 11.1 Å². The second kappa shape index (κ2) is 4.23. The number of aromatic nitrogens is 1. The molecule has 0 radical (unpaired) electrons. The second-order valence-corrected chi connectivity index (χ2v) is 5.63. The van der Waals surface area contributed by atoms with Crippen molar-refractivity contribution in [3.63, 3.8) is 0 Å². The molecule has 1 atom stereocenters. The van der Waals surface area contributed by atoms with Gasteiger partial charge in [-0.05, 0) is 13.0 Å². The van der Waals surface area contributed by atoms with Crippen LogP contribution >= 0.6 is 0 Å². The van der Waals surface area contributed by atoms with Crippen molar-refractivity contribution in [1.82, 2.24) is 0 Å². The van der Waals surface area contributed by atoms with Crippen molar-refractivity contribution in [2.24, 2.45) is 7.05 Å². The van der Waals surface area contributed by atoms with Crippen molar-refractivity contribution in [1.29, 1.82) is 0 Å². The molecule has 1 aromatic heterocycles. The molecule has 18 heavy (non-hydrogen) atoms. The number of fused-ring (bicyclic) bond motifs is 3. The molecule has 0 saturated heterocycles. The van der Waals surface area contributed by atoms with Gasteiger partial charge in [-0.3, -0.25) is 0 Å². The number of benzene rings is 1. The highest BCUT2D eigenvalue weighted by Gasteiger charge is 2.39. The number of hydrogen-bond acceptors (Lipinski definition) is 1. The Labute approximate surface area is 119 Å². The van der Waals surface area contributed by atoms with Crippen LogP contribution in [0.25, 0.3) is 10.9 Å². The lowest BCUT2D eigenvalue weighted by atomic mass is 9.82. The highest BCUT2D eigenvalue weighted by atomic mass is 79.9. The number of aryl methyl sites for hydroxylation is 1. The van der Waals surface area contributed by atoms with Crippen LogP contribution in [0.1, 0.15) is 26.3 Å². The van der Waals surface area contributed by atoms with E-state index in [2.05, 4.69) is 68.2 Å². The predicted octanol–water partition coefficient (Wildman–Crippen LogP) is -0.240. The van der Waals surface area contributed by atoms with E-state index in [0.717, 1.165) is 0 Å². The molecule has 0 saturated carbocycles. The SMILES string of the molecule is CC1Nc2c(c[n+](C)c3ccccc23)C1(C)C.[Br-]. The van der Waals surface area contributed by atoms with Crippen molar-refractivity contribution < 1.29 is 21.5 Å². The molecule has 1 aromatic carbocycles. The Balaban J connectivity index is 0.00000120. The van der Waals surface area contributed by atoms with Crippen LogP contribution in [0.5, 0.6) is 0 Å². The number of para-hydroxylation sites is 1. The third-order valence-corrected chi connectivity index (χ3v) is 4.28. The molecule has 3 rings (SSSR count). The second-order valence-electron chi connectivity index (χ2n) is 5.63. The highest BCUT2D eigenvalue weighted by Crippen LogP contribution is 2.42.